The summed E-state index contributed by atoms with van der Waals surface area (Å²) < 4.78 is 5.64. The number of nitrogens with one attached hydrogen (secondary N) is 1. The van der Waals surface area contributed by atoms with Gasteiger partial charge in [0, 0.05) is 37.7 Å². The van der Waals surface area contributed by atoms with Crippen molar-refractivity contribution < 1.29 is 6.16 Å². The topological polar surface area (TPSA) is 28.3 Å². The average Bonchev–Trinajstić information content (AvgIpc) is 2.76. The molecule has 19 heavy (non-hydrogen) atoms. The molecule has 1 aromatic heterocycles. The number of nitrogens with zero attached hydrogens (tertiary/aromatic N) is 1. The third-order valence-corrected chi connectivity index (χ3v) is 3.82. The van der Waals surface area contributed by atoms with Crippen LogP contribution < -0.4 is 0 Å². The number of para-hydroxylation sites is 1. The van der Waals surface area contributed by atoms with Gasteiger partial charge in [0.15, 0.2) is 0 Å². The second-order valence-electron chi connectivity index (χ2n) is 5.57. The van der Waals surface area contributed by atoms with E-state index in [0.717, 1.165) is 32.7 Å². The zero-order chi connectivity index (χ0) is 13.2. The van der Waals surface area contributed by atoms with E-state index < -0.39 is 0 Å². The number of hydrogen-bond donors (Lipinski definition) is 1. The fraction of sp³-hybridized carbons (Fsp3) is 0.500. The number of hydrogen-bond acceptors (Lipinski definition) is 2. The largest absolute Gasteiger partial charge is 0.377 e. The minimum absolute atomic E-state index is 0. The Morgan fingerprint density at radius 1 is 1.37 bits per heavy atom. The van der Waals surface area contributed by atoms with E-state index in [1.807, 2.05) is 0 Å². The van der Waals surface area contributed by atoms with E-state index in [2.05, 4.69) is 48.0 Å². The maximum Gasteiger partial charge on any atom is 0.0597 e. The van der Waals surface area contributed by atoms with Gasteiger partial charge in [-0.3, -0.25) is 4.90 Å². The average molecular weight is 260 g/mol. The van der Waals surface area contributed by atoms with Crippen molar-refractivity contribution in [1.82, 2.24) is 9.88 Å². The van der Waals surface area contributed by atoms with Gasteiger partial charge in [0.25, 0.3) is 0 Å². The second-order valence-corrected chi connectivity index (χ2v) is 5.57. The van der Waals surface area contributed by atoms with Crippen LogP contribution in [0.1, 0.15) is 26.5 Å². The summed E-state index contributed by atoms with van der Waals surface area (Å²) in [4.78, 5) is 6.04. The Labute approximate surface area is 116 Å². The normalized spacial score (nSPS) is 16.2. The lowest BCUT2D eigenvalue weighted by molar-refractivity contribution is 0.0561. The highest BCUT2D eigenvalue weighted by Crippen LogP contribution is 2.27. The Morgan fingerprint density at radius 2 is 2.21 bits per heavy atom. The minimum atomic E-state index is 0. The van der Waals surface area contributed by atoms with Gasteiger partial charge < -0.3 is 9.72 Å². The van der Waals surface area contributed by atoms with Crippen molar-refractivity contribution in [1.29, 1.82) is 0 Å². The van der Waals surface area contributed by atoms with Gasteiger partial charge in [0.1, 0.15) is 0 Å². The van der Waals surface area contributed by atoms with Gasteiger partial charge in [-0.25, -0.2) is 0 Å². The summed E-state index contributed by atoms with van der Waals surface area (Å²) in [6, 6.07) is 8.61. The van der Waals surface area contributed by atoms with Gasteiger partial charge in [0.2, 0.25) is 0 Å². The molecule has 0 fully saturated rings. The molecule has 1 N–H and O–H groups in total. The molecule has 0 aliphatic carbocycles. The van der Waals surface area contributed by atoms with Crippen LogP contribution >= 0.6 is 0 Å². The molecule has 2 aromatic rings. The van der Waals surface area contributed by atoms with Crippen LogP contribution in [0.25, 0.3) is 10.9 Å². The number of fused-ring (bicyclic) bond motifs is 3. The number of benzene rings is 1. The molecule has 1 aliphatic rings. The number of aromatic amines is 1. The highest BCUT2D eigenvalue weighted by Gasteiger charge is 2.19. The SMILES string of the molecule is CC(C)OCCN1CCc2c([nH]c3ccccc23)C1.[HH]. The Kier molecular flexibility index (Phi) is 3.58. The molecule has 0 amide bonds. The maximum atomic E-state index is 5.64. The Hall–Kier alpha value is -1.32. The predicted octanol–water partition coefficient (Wildman–Crippen LogP) is 3.20. The highest BCUT2D eigenvalue weighted by molar-refractivity contribution is 5.84. The Balaban J connectivity index is 0.00000147. The first kappa shape index (κ1) is 12.7. The van der Waals surface area contributed by atoms with E-state index in [1.54, 1.807) is 0 Å². The number of aromatic nitrogens is 1. The summed E-state index contributed by atoms with van der Waals surface area (Å²) in [7, 11) is 0. The predicted molar refractivity (Wildman–Crippen MR) is 80.5 cm³/mol. The van der Waals surface area contributed by atoms with Gasteiger partial charge in [-0.2, -0.15) is 0 Å². The van der Waals surface area contributed by atoms with Crippen LogP contribution in [0.2, 0.25) is 0 Å². The van der Waals surface area contributed by atoms with E-state index in [9.17, 15) is 0 Å². The fourth-order valence-electron chi connectivity index (χ4n) is 2.86. The van der Waals surface area contributed by atoms with Crippen LogP contribution in [0, 0.1) is 0 Å². The van der Waals surface area contributed by atoms with Crippen molar-refractivity contribution >= 4 is 10.9 Å². The summed E-state index contributed by atoms with van der Waals surface area (Å²) in [6.45, 7) is 8.18. The van der Waals surface area contributed by atoms with Crippen LogP contribution in [-0.4, -0.2) is 35.7 Å². The fourth-order valence-corrected chi connectivity index (χ4v) is 2.86. The van der Waals surface area contributed by atoms with Gasteiger partial charge in [-0.05, 0) is 31.9 Å². The van der Waals surface area contributed by atoms with Gasteiger partial charge in [0.05, 0.1) is 12.7 Å². The summed E-state index contributed by atoms with van der Waals surface area (Å²) in [5.41, 5.74) is 4.17. The summed E-state index contributed by atoms with van der Waals surface area (Å²) in [6.07, 6.45) is 1.47. The van der Waals surface area contributed by atoms with E-state index in [4.69, 9.17) is 4.74 Å². The van der Waals surface area contributed by atoms with Crippen molar-refractivity contribution in [3.05, 3.63) is 35.5 Å². The third-order valence-electron chi connectivity index (χ3n) is 3.82. The monoisotopic (exact) mass is 260 g/mol. The molecule has 1 aromatic carbocycles. The van der Waals surface area contributed by atoms with E-state index in [1.165, 1.54) is 22.2 Å². The quantitative estimate of drug-likeness (QED) is 0.914. The maximum absolute atomic E-state index is 5.64. The van der Waals surface area contributed by atoms with Crippen molar-refractivity contribution in [2.45, 2.75) is 32.9 Å². The molecule has 0 atom stereocenters. The van der Waals surface area contributed by atoms with E-state index in [0.29, 0.717) is 6.10 Å². The molecular weight excluding hydrogens is 236 g/mol. The molecule has 0 saturated heterocycles. The van der Waals surface area contributed by atoms with Crippen molar-refractivity contribution in [2.24, 2.45) is 0 Å². The van der Waals surface area contributed by atoms with E-state index in [-0.39, 0.29) is 1.43 Å². The Bertz CT molecular complexity index is 565. The van der Waals surface area contributed by atoms with Gasteiger partial charge >= 0.3 is 0 Å². The van der Waals surface area contributed by atoms with Crippen LogP contribution in [0.3, 0.4) is 0 Å². The lowest BCUT2D eigenvalue weighted by atomic mass is 10.0. The smallest absolute Gasteiger partial charge is 0.0597 e. The molecule has 104 valence electrons. The first-order chi connectivity index (χ1) is 9.24. The van der Waals surface area contributed by atoms with Gasteiger partial charge in [-0.15, -0.1) is 0 Å². The van der Waals surface area contributed by atoms with Gasteiger partial charge in [-0.1, -0.05) is 18.2 Å². The molecule has 3 rings (SSSR count). The van der Waals surface area contributed by atoms with E-state index >= 15 is 0 Å². The second kappa shape index (κ2) is 5.35. The molecule has 3 heteroatoms. The molecule has 2 heterocycles. The van der Waals surface area contributed by atoms with Crippen molar-refractivity contribution in [2.75, 3.05) is 19.7 Å². The molecular formula is C16H24N2O. The summed E-state index contributed by atoms with van der Waals surface area (Å²) in [5.74, 6) is 0. The zero-order valence-electron chi connectivity index (χ0n) is 11.8. The summed E-state index contributed by atoms with van der Waals surface area (Å²) >= 11 is 0. The standard InChI is InChI=1S/C16H22N2O.H2/c1-12(2)19-10-9-18-8-7-14-13-5-3-4-6-15(13)17-16(14)11-18;/h3-6,12,17H,7-11H2,1-2H3;1H. The van der Waals surface area contributed by atoms with Crippen LogP contribution in [-0.2, 0) is 17.7 Å². The number of H-pyrrole nitrogens is 1. The van der Waals surface area contributed by atoms with Crippen LogP contribution in [0.15, 0.2) is 24.3 Å². The van der Waals surface area contributed by atoms with Crippen LogP contribution in [0.5, 0.6) is 0 Å². The lowest BCUT2D eigenvalue weighted by Gasteiger charge is -2.27. The molecule has 1 aliphatic heterocycles. The first-order valence-electron chi connectivity index (χ1n) is 7.16. The molecule has 3 nitrogen and oxygen atoms in total. The lowest BCUT2D eigenvalue weighted by Crippen LogP contribution is -2.33. The number of rotatable bonds is 4. The molecule has 0 radical (unpaired) electrons. The van der Waals surface area contributed by atoms with Crippen LogP contribution in [0.4, 0.5) is 0 Å². The number of ether oxygens (including phenoxy) is 1. The van der Waals surface area contributed by atoms with Crippen molar-refractivity contribution in [3.8, 4) is 0 Å². The highest BCUT2D eigenvalue weighted by atomic mass is 16.5. The molecule has 0 bridgehead atoms. The molecule has 0 spiro atoms. The molecule has 0 saturated carbocycles. The Morgan fingerprint density at radius 3 is 3.05 bits per heavy atom. The first-order valence-corrected chi connectivity index (χ1v) is 7.16. The third kappa shape index (κ3) is 2.67. The summed E-state index contributed by atoms with van der Waals surface area (Å²) in [5, 5.41) is 1.40. The van der Waals surface area contributed by atoms with Crippen molar-refractivity contribution in [3.63, 3.8) is 0 Å². The zero-order valence-corrected chi connectivity index (χ0v) is 11.8. The molecule has 0 unspecified atom stereocenters. The minimum Gasteiger partial charge on any atom is -0.377 e.